The third-order valence-corrected chi connectivity index (χ3v) is 3.99. The first kappa shape index (κ1) is 16.8. The number of aromatic nitrogens is 2. The van der Waals surface area contributed by atoms with E-state index in [9.17, 15) is 9.59 Å². The number of esters is 1. The van der Waals surface area contributed by atoms with Crippen LogP contribution in [0, 0.1) is 19.8 Å². The number of aryl methyl sites for hydroxylation is 2. The SMILES string of the molecule is COC(=O)C[C@H]1CN=C(Nc2nc(C)c3cc(C)ccc3n2)NC1=O. The number of carbonyl (C=O) groups is 2. The Kier molecular flexibility index (Phi) is 4.60. The third-order valence-electron chi connectivity index (χ3n) is 3.99. The van der Waals surface area contributed by atoms with Crippen molar-refractivity contribution in [1.29, 1.82) is 0 Å². The molecule has 2 N–H and O–H groups in total. The molecule has 1 atom stereocenters. The number of carbonyl (C=O) groups excluding carboxylic acids is 2. The maximum atomic E-state index is 12.1. The molecular weight excluding hydrogens is 322 g/mol. The minimum atomic E-state index is -0.528. The van der Waals surface area contributed by atoms with E-state index in [0.717, 1.165) is 22.2 Å². The summed E-state index contributed by atoms with van der Waals surface area (Å²) in [6.07, 6.45) is 0.00402. The van der Waals surface area contributed by atoms with E-state index < -0.39 is 11.9 Å². The highest BCUT2D eigenvalue weighted by Gasteiger charge is 2.27. The summed E-state index contributed by atoms with van der Waals surface area (Å²) in [4.78, 5) is 36.5. The molecule has 0 unspecified atom stereocenters. The van der Waals surface area contributed by atoms with Gasteiger partial charge in [-0.25, -0.2) is 9.97 Å². The molecule has 1 aromatic carbocycles. The van der Waals surface area contributed by atoms with Gasteiger partial charge in [-0.05, 0) is 26.0 Å². The van der Waals surface area contributed by atoms with Crippen LogP contribution in [0.1, 0.15) is 17.7 Å². The predicted octanol–water partition coefficient (Wildman–Crippen LogP) is 1.32. The van der Waals surface area contributed by atoms with Gasteiger partial charge in [-0.2, -0.15) is 0 Å². The molecule has 1 aliphatic heterocycles. The molecule has 0 fully saturated rings. The number of amides is 1. The Morgan fingerprint density at radius 1 is 1.36 bits per heavy atom. The van der Waals surface area contributed by atoms with Gasteiger partial charge in [0.25, 0.3) is 0 Å². The summed E-state index contributed by atoms with van der Waals surface area (Å²) in [6, 6.07) is 5.94. The highest BCUT2D eigenvalue weighted by molar-refractivity contribution is 6.06. The molecule has 25 heavy (non-hydrogen) atoms. The second kappa shape index (κ2) is 6.84. The fourth-order valence-corrected chi connectivity index (χ4v) is 2.61. The van der Waals surface area contributed by atoms with E-state index >= 15 is 0 Å². The Morgan fingerprint density at radius 3 is 2.88 bits per heavy atom. The number of ether oxygens (including phenoxy) is 1. The maximum Gasteiger partial charge on any atom is 0.306 e. The predicted molar refractivity (Wildman–Crippen MR) is 93.2 cm³/mol. The first-order chi connectivity index (χ1) is 12.0. The topological polar surface area (TPSA) is 106 Å². The van der Waals surface area contributed by atoms with Crippen LogP contribution in [0.5, 0.6) is 0 Å². The van der Waals surface area contributed by atoms with Crippen LogP contribution in [0.3, 0.4) is 0 Å². The number of guanidine groups is 1. The lowest BCUT2D eigenvalue weighted by Gasteiger charge is -2.21. The van der Waals surface area contributed by atoms with Crippen molar-refractivity contribution in [1.82, 2.24) is 15.3 Å². The van der Waals surface area contributed by atoms with Gasteiger partial charge in [0, 0.05) is 5.39 Å². The van der Waals surface area contributed by atoms with E-state index in [1.807, 2.05) is 32.0 Å². The van der Waals surface area contributed by atoms with Crippen LogP contribution < -0.4 is 10.6 Å². The molecule has 0 radical (unpaired) electrons. The van der Waals surface area contributed by atoms with Crippen LogP contribution >= 0.6 is 0 Å². The number of methoxy groups -OCH3 is 1. The van der Waals surface area contributed by atoms with E-state index in [4.69, 9.17) is 0 Å². The molecule has 2 heterocycles. The zero-order chi connectivity index (χ0) is 18.0. The monoisotopic (exact) mass is 341 g/mol. The molecule has 1 aromatic heterocycles. The normalized spacial score (nSPS) is 17.0. The maximum absolute atomic E-state index is 12.1. The fourth-order valence-electron chi connectivity index (χ4n) is 2.61. The lowest BCUT2D eigenvalue weighted by Crippen LogP contribution is -2.45. The molecule has 0 aliphatic carbocycles. The smallest absolute Gasteiger partial charge is 0.306 e. The number of nitrogens with one attached hydrogen (secondary N) is 2. The Bertz CT molecular complexity index is 878. The van der Waals surface area contributed by atoms with E-state index in [0.29, 0.717) is 5.95 Å². The van der Waals surface area contributed by atoms with Crippen LogP contribution in [-0.2, 0) is 14.3 Å². The fraction of sp³-hybridized carbons (Fsp3) is 0.353. The second-order valence-corrected chi connectivity index (χ2v) is 5.93. The Balaban J connectivity index is 1.77. The van der Waals surface area contributed by atoms with Crippen LogP contribution in [0.25, 0.3) is 10.9 Å². The van der Waals surface area contributed by atoms with Crippen molar-refractivity contribution in [2.24, 2.45) is 10.9 Å². The Labute approximate surface area is 144 Å². The molecule has 0 bridgehead atoms. The van der Waals surface area contributed by atoms with Crippen LogP contribution in [0.15, 0.2) is 23.2 Å². The lowest BCUT2D eigenvalue weighted by atomic mass is 10.0. The van der Waals surface area contributed by atoms with E-state index in [1.165, 1.54) is 7.11 Å². The molecule has 130 valence electrons. The average Bonchev–Trinajstić information content (AvgIpc) is 2.58. The third kappa shape index (κ3) is 3.73. The number of benzene rings is 1. The van der Waals surface area contributed by atoms with Crippen molar-refractivity contribution < 1.29 is 14.3 Å². The average molecular weight is 341 g/mol. The van der Waals surface area contributed by atoms with Gasteiger partial charge in [0.2, 0.25) is 17.8 Å². The van der Waals surface area contributed by atoms with Crippen molar-refractivity contribution in [3.8, 4) is 0 Å². The summed E-state index contributed by atoms with van der Waals surface area (Å²) >= 11 is 0. The number of hydrogen-bond donors (Lipinski definition) is 2. The van der Waals surface area contributed by atoms with Gasteiger partial charge in [-0.1, -0.05) is 11.6 Å². The summed E-state index contributed by atoms with van der Waals surface area (Å²) in [7, 11) is 1.29. The van der Waals surface area contributed by atoms with E-state index in [2.05, 4.69) is 30.3 Å². The zero-order valence-electron chi connectivity index (χ0n) is 14.3. The first-order valence-corrected chi connectivity index (χ1v) is 7.90. The number of anilines is 1. The van der Waals surface area contributed by atoms with Crippen LogP contribution in [0.2, 0.25) is 0 Å². The molecular formula is C17H19N5O3. The molecule has 1 aliphatic rings. The lowest BCUT2D eigenvalue weighted by molar-refractivity contribution is -0.143. The standard InChI is InChI=1S/C17H19N5O3/c1-9-4-5-13-12(6-9)10(2)19-17(20-13)22-16-18-8-11(15(24)21-16)7-14(23)25-3/h4-6,11H,7-8H2,1-3H3,(H2,18,19,20,21,22,24)/t11-/m0/s1. The number of rotatable bonds is 3. The van der Waals surface area contributed by atoms with Crippen molar-refractivity contribution in [2.75, 3.05) is 19.0 Å². The molecule has 0 saturated carbocycles. The summed E-state index contributed by atoms with van der Waals surface area (Å²) in [5, 5.41) is 6.54. The summed E-state index contributed by atoms with van der Waals surface area (Å²) < 4.78 is 4.58. The largest absolute Gasteiger partial charge is 0.469 e. The number of hydrogen-bond acceptors (Lipinski definition) is 7. The highest BCUT2D eigenvalue weighted by Crippen LogP contribution is 2.19. The van der Waals surface area contributed by atoms with Crippen molar-refractivity contribution in [2.45, 2.75) is 20.3 Å². The van der Waals surface area contributed by atoms with Crippen LogP contribution in [0.4, 0.5) is 5.95 Å². The number of nitrogens with zero attached hydrogens (tertiary/aromatic N) is 3. The Hall–Kier alpha value is -3.03. The molecule has 0 saturated heterocycles. The molecule has 3 rings (SSSR count). The molecule has 8 heteroatoms. The van der Waals surface area contributed by atoms with Crippen molar-refractivity contribution in [3.05, 3.63) is 29.5 Å². The van der Waals surface area contributed by atoms with Gasteiger partial charge in [0.05, 0.1) is 37.2 Å². The Morgan fingerprint density at radius 2 is 2.16 bits per heavy atom. The van der Waals surface area contributed by atoms with Crippen molar-refractivity contribution >= 4 is 34.7 Å². The summed E-state index contributed by atoms with van der Waals surface area (Å²) in [6.45, 7) is 4.12. The minimum absolute atomic E-state index is 0.00402. The quantitative estimate of drug-likeness (QED) is 0.816. The van der Waals surface area contributed by atoms with E-state index in [1.54, 1.807) is 0 Å². The number of aliphatic imine (C=N–C) groups is 1. The van der Waals surface area contributed by atoms with Gasteiger partial charge >= 0.3 is 5.97 Å². The van der Waals surface area contributed by atoms with Crippen LogP contribution in [-0.4, -0.2) is 41.5 Å². The first-order valence-electron chi connectivity index (χ1n) is 7.90. The second-order valence-electron chi connectivity index (χ2n) is 5.93. The van der Waals surface area contributed by atoms with Gasteiger partial charge in [-0.3, -0.25) is 25.2 Å². The summed E-state index contributed by atoms with van der Waals surface area (Å²) in [5.74, 6) is -0.608. The van der Waals surface area contributed by atoms with Gasteiger partial charge in [0.15, 0.2) is 0 Å². The van der Waals surface area contributed by atoms with Gasteiger partial charge in [0.1, 0.15) is 0 Å². The van der Waals surface area contributed by atoms with Gasteiger partial charge in [-0.15, -0.1) is 0 Å². The zero-order valence-corrected chi connectivity index (χ0v) is 14.3. The minimum Gasteiger partial charge on any atom is -0.469 e. The molecule has 0 spiro atoms. The summed E-state index contributed by atoms with van der Waals surface area (Å²) in [5.41, 5.74) is 2.79. The molecule has 1 amide bonds. The molecule has 2 aromatic rings. The van der Waals surface area contributed by atoms with Crippen molar-refractivity contribution in [3.63, 3.8) is 0 Å². The van der Waals surface area contributed by atoms with Gasteiger partial charge < -0.3 is 4.74 Å². The number of fused-ring (bicyclic) bond motifs is 1. The highest BCUT2D eigenvalue weighted by atomic mass is 16.5. The van der Waals surface area contributed by atoms with E-state index in [-0.39, 0.29) is 24.8 Å². The molecule has 8 nitrogen and oxygen atoms in total.